The molecule has 0 radical (unpaired) electrons. The smallest absolute Gasteiger partial charge is 0.327 e. The van der Waals surface area contributed by atoms with Gasteiger partial charge in [-0.3, -0.25) is 9.59 Å². The van der Waals surface area contributed by atoms with Gasteiger partial charge in [0.1, 0.15) is 0 Å². The molecule has 1 heterocycles. The molecular weight excluding hydrogens is 268 g/mol. The zero-order valence-electron chi connectivity index (χ0n) is 12.6. The molecule has 1 aromatic rings. The van der Waals surface area contributed by atoms with Crippen LogP contribution < -0.4 is 0 Å². The van der Waals surface area contributed by atoms with Gasteiger partial charge in [-0.2, -0.15) is 0 Å². The van der Waals surface area contributed by atoms with E-state index >= 15 is 0 Å². The summed E-state index contributed by atoms with van der Waals surface area (Å²) in [6, 6.07) is 9.42. The van der Waals surface area contributed by atoms with Gasteiger partial charge in [-0.05, 0) is 25.3 Å². The van der Waals surface area contributed by atoms with Crippen molar-refractivity contribution in [2.24, 2.45) is 5.41 Å². The molecule has 0 spiro atoms. The predicted molar refractivity (Wildman–Crippen MR) is 78.3 cm³/mol. The molecule has 1 aliphatic heterocycles. The lowest BCUT2D eigenvalue weighted by Crippen LogP contribution is -2.54. The van der Waals surface area contributed by atoms with E-state index in [0.29, 0.717) is 0 Å². The quantitative estimate of drug-likeness (QED) is 0.485. The van der Waals surface area contributed by atoms with Gasteiger partial charge in [-0.25, -0.2) is 0 Å². The van der Waals surface area contributed by atoms with Crippen LogP contribution in [0, 0.1) is 5.41 Å². The predicted octanol–water partition coefficient (Wildman–Crippen LogP) is 3.02. The molecule has 1 saturated heterocycles. The largest absolute Gasteiger partial charge is 0.422 e. The van der Waals surface area contributed by atoms with Crippen LogP contribution in [0.3, 0.4) is 0 Å². The van der Waals surface area contributed by atoms with Crippen molar-refractivity contribution in [1.82, 2.24) is 0 Å². The fourth-order valence-corrected chi connectivity index (χ4v) is 2.39. The van der Waals surface area contributed by atoms with Crippen molar-refractivity contribution < 1.29 is 19.1 Å². The van der Waals surface area contributed by atoms with E-state index in [1.807, 2.05) is 43.3 Å². The third-order valence-corrected chi connectivity index (χ3v) is 3.51. The van der Waals surface area contributed by atoms with Crippen molar-refractivity contribution in [3.63, 3.8) is 0 Å². The van der Waals surface area contributed by atoms with Crippen LogP contribution in [0.1, 0.15) is 32.8 Å². The van der Waals surface area contributed by atoms with E-state index < -0.39 is 23.1 Å². The van der Waals surface area contributed by atoms with Crippen LogP contribution in [0.25, 0.3) is 0 Å². The second kappa shape index (κ2) is 5.72. The molecule has 1 aliphatic rings. The van der Waals surface area contributed by atoms with E-state index in [0.717, 1.165) is 5.56 Å². The summed E-state index contributed by atoms with van der Waals surface area (Å²) < 4.78 is 10.6. The Labute approximate surface area is 124 Å². The number of ether oxygens (including phenoxy) is 2. The van der Waals surface area contributed by atoms with Crippen molar-refractivity contribution in [2.45, 2.75) is 39.4 Å². The molecule has 112 valence electrons. The highest BCUT2D eigenvalue weighted by molar-refractivity contribution is 6.02. The highest BCUT2D eigenvalue weighted by Gasteiger charge is 2.55. The van der Waals surface area contributed by atoms with Gasteiger partial charge in [0.25, 0.3) is 5.79 Å². The minimum absolute atomic E-state index is 0.270. The number of esters is 2. The maximum absolute atomic E-state index is 12.5. The zero-order chi connectivity index (χ0) is 15.5. The molecular formula is C17H20O4. The fraction of sp³-hybridized carbons (Fsp3) is 0.412. The number of allylic oxidation sites excluding steroid dienone is 2. The van der Waals surface area contributed by atoms with Crippen LogP contribution >= 0.6 is 0 Å². The van der Waals surface area contributed by atoms with Crippen LogP contribution in [-0.4, -0.2) is 17.7 Å². The monoisotopic (exact) mass is 288 g/mol. The van der Waals surface area contributed by atoms with E-state index in [1.165, 1.54) is 0 Å². The van der Waals surface area contributed by atoms with Crippen LogP contribution in [0.2, 0.25) is 0 Å². The highest BCUT2D eigenvalue weighted by atomic mass is 16.7. The van der Waals surface area contributed by atoms with Gasteiger partial charge in [0, 0.05) is 13.8 Å². The first kappa shape index (κ1) is 15.3. The van der Waals surface area contributed by atoms with E-state index in [2.05, 4.69) is 0 Å². The summed E-state index contributed by atoms with van der Waals surface area (Å²) in [6.07, 6.45) is 4.15. The summed E-state index contributed by atoms with van der Waals surface area (Å²) >= 11 is 0. The first-order chi connectivity index (χ1) is 9.89. The molecule has 0 unspecified atom stereocenters. The van der Waals surface area contributed by atoms with Crippen molar-refractivity contribution in [2.75, 3.05) is 0 Å². The third-order valence-electron chi connectivity index (χ3n) is 3.51. The summed E-state index contributed by atoms with van der Waals surface area (Å²) in [4.78, 5) is 25.0. The second-order valence-corrected chi connectivity index (χ2v) is 5.70. The van der Waals surface area contributed by atoms with Gasteiger partial charge in [-0.1, -0.05) is 42.5 Å². The first-order valence-corrected chi connectivity index (χ1v) is 7.02. The van der Waals surface area contributed by atoms with Gasteiger partial charge >= 0.3 is 11.9 Å². The molecule has 1 aromatic carbocycles. The summed E-state index contributed by atoms with van der Waals surface area (Å²) in [6.45, 7) is 4.97. The molecule has 4 nitrogen and oxygen atoms in total. The Morgan fingerprint density at radius 1 is 1.05 bits per heavy atom. The van der Waals surface area contributed by atoms with Crippen LogP contribution in [-0.2, 0) is 25.5 Å². The van der Waals surface area contributed by atoms with E-state index in [4.69, 9.17) is 9.47 Å². The average Bonchev–Trinajstić information content (AvgIpc) is 2.42. The first-order valence-electron chi connectivity index (χ1n) is 7.02. The Kier molecular flexibility index (Phi) is 4.16. The van der Waals surface area contributed by atoms with Gasteiger partial charge in [0.15, 0.2) is 5.41 Å². The van der Waals surface area contributed by atoms with Crippen molar-refractivity contribution in [3.05, 3.63) is 48.0 Å². The Balaban J connectivity index is 2.37. The Morgan fingerprint density at radius 3 is 2.14 bits per heavy atom. The number of benzene rings is 1. The second-order valence-electron chi connectivity index (χ2n) is 5.70. The number of rotatable bonds is 4. The topological polar surface area (TPSA) is 52.6 Å². The third kappa shape index (κ3) is 3.15. The Morgan fingerprint density at radius 2 is 1.62 bits per heavy atom. The van der Waals surface area contributed by atoms with Crippen LogP contribution in [0.5, 0.6) is 0 Å². The lowest BCUT2D eigenvalue weighted by atomic mass is 9.77. The molecule has 0 aromatic heterocycles. The van der Waals surface area contributed by atoms with Crippen LogP contribution in [0.15, 0.2) is 42.5 Å². The Bertz CT molecular complexity index is 537. The maximum Gasteiger partial charge on any atom is 0.327 e. The molecule has 0 atom stereocenters. The zero-order valence-corrected chi connectivity index (χ0v) is 12.6. The van der Waals surface area contributed by atoms with Crippen molar-refractivity contribution in [3.8, 4) is 0 Å². The molecule has 0 amide bonds. The lowest BCUT2D eigenvalue weighted by molar-refractivity contribution is -0.250. The van der Waals surface area contributed by atoms with E-state index in [9.17, 15) is 9.59 Å². The standard InChI is InChI=1S/C17H20O4/c1-4-5-11-17(12-13-9-7-6-8-10-13)14(18)20-16(2,3)21-15(17)19/h4-10H,11-12H2,1-3H3/b5-4-. The molecule has 1 fully saturated rings. The molecule has 4 heteroatoms. The summed E-state index contributed by atoms with van der Waals surface area (Å²) in [5, 5.41) is 0. The van der Waals surface area contributed by atoms with Crippen LogP contribution in [0.4, 0.5) is 0 Å². The van der Waals surface area contributed by atoms with Gasteiger partial charge in [0.05, 0.1) is 0 Å². The van der Waals surface area contributed by atoms with E-state index in [-0.39, 0.29) is 12.8 Å². The fourth-order valence-electron chi connectivity index (χ4n) is 2.39. The molecule has 21 heavy (non-hydrogen) atoms. The maximum atomic E-state index is 12.5. The van der Waals surface area contributed by atoms with Crippen molar-refractivity contribution >= 4 is 11.9 Å². The number of hydrogen-bond donors (Lipinski definition) is 0. The van der Waals surface area contributed by atoms with E-state index in [1.54, 1.807) is 19.9 Å². The molecule has 0 aliphatic carbocycles. The van der Waals surface area contributed by atoms with Gasteiger partial charge < -0.3 is 9.47 Å². The number of hydrogen-bond acceptors (Lipinski definition) is 4. The summed E-state index contributed by atoms with van der Waals surface area (Å²) in [5.41, 5.74) is -0.403. The molecule has 2 rings (SSSR count). The molecule has 0 bridgehead atoms. The lowest BCUT2D eigenvalue weighted by Gasteiger charge is -2.39. The SMILES string of the molecule is C/C=C\CC1(Cc2ccccc2)C(=O)OC(C)(C)OC1=O. The Hall–Kier alpha value is -2.10. The van der Waals surface area contributed by atoms with Crippen molar-refractivity contribution in [1.29, 1.82) is 0 Å². The number of carbonyl (C=O) groups is 2. The van der Waals surface area contributed by atoms with Gasteiger partial charge in [-0.15, -0.1) is 0 Å². The molecule has 0 saturated carbocycles. The highest BCUT2D eigenvalue weighted by Crippen LogP contribution is 2.38. The molecule has 0 N–H and O–H groups in total. The van der Waals surface area contributed by atoms with Gasteiger partial charge in [0.2, 0.25) is 0 Å². The summed E-state index contributed by atoms with van der Waals surface area (Å²) in [5.74, 6) is -2.25. The minimum Gasteiger partial charge on any atom is -0.422 e. The minimum atomic E-state index is -1.30. The average molecular weight is 288 g/mol. The normalized spacial score (nSPS) is 20.1. The number of carbonyl (C=O) groups excluding carboxylic acids is 2. The number of cyclic esters (lactones) is 2. The summed E-state index contributed by atoms with van der Waals surface area (Å²) in [7, 11) is 0.